The van der Waals surface area contributed by atoms with Crippen molar-refractivity contribution in [3.63, 3.8) is 0 Å². The van der Waals surface area contributed by atoms with Crippen LogP contribution in [-0.4, -0.2) is 56.0 Å². The third kappa shape index (κ3) is 4.94. The number of rotatable bonds is 7. The highest BCUT2D eigenvalue weighted by molar-refractivity contribution is 7.89. The number of hydrogen-bond acceptors (Lipinski definition) is 8. The lowest BCUT2D eigenvalue weighted by Gasteiger charge is -2.30. The van der Waals surface area contributed by atoms with E-state index in [1.165, 1.54) is 28.6 Å². The monoisotopic (exact) mass is 422 g/mol. The molecular weight excluding hydrogens is 396 g/mol. The summed E-state index contributed by atoms with van der Waals surface area (Å²) in [5, 5.41) is 3.74. The zero-order valence-electron chi connectivity index (χ0n) is 16.9. The van der Waals surface area contributed by atoms with Gasteiger partial charge in [0.2, 0.25) is 10.0 Å². The molecule has 0 bridgehead atoms. The standard InChI is InChI=1S/C19H26N4O5S/c1-22(2)19-20-17(28-21-19)13-27-18(24)14-9-11-16(12-10-14)29(25,26)23(3)15-7-5-4-6-8-15/h9-12,15H,4-8,13H2,1-3H3. The molecule has 158 valence electrons. The fourth-order valence-electron chi connectivity index (χ4n) is 3.27. The van der Waals surface area contributed by atoms with Crippen LogP contribution >= 0.6 is 0 Å². The second-order valence-corrected chi connectivity index (χ2v) is 9.29. The van der Waals surface area contributed by atoms with Crippen molar-refractivity contribution in [3.8, 4) is 0 Å². The summed E-state index contributed by atoms with van der Waals surface area (Å²) in [6.45, 7) is -0.163. The van der Waals surface area contributed by atoms with Crippen LogP contribution in [0, 0.1) is 0 Å². The lowest BCUT2D eigenvalue weighted by atomic mass is 9.96. The quantitative estimate of drug-likeness (QED) is 0.627. The summed E-state index contributed by atoms with van der Waals surface area (Å²) < 4.78 is 37.3. The van der Waals surface area contributed by atoms with Crippen molar-refractivity contribution in [2.24, 2.45) is 0 Å². The molecule has 9 nitrogen and oxygen atoms in total. The second kappa shape index (κ2) is 8.91. The van der Waals surface area contributed by atoms with E-state index < -0.39 is 16.0 Å². The van der Waals surface area contributed by atoms with Crippen LogP contribution in [0.3, 0.4) is 0 Å². The first kappa shape index (κ1) is 21.3. The Balaban J connectivity index is 1.63. The number of aromatic nitrogens is 2. The molecule has 1 aliphatic rings. The smallest absolute Gasteiger partial charge is 0.338 e. The largest absolute Gasteiger partial charge is 0.452 e. The van der Waals surface area contributed by atoms with Gasteiger partial charge in [0.25, 0.3) is 11.8 Å². The fraction of sp³-hybridized carbons (Fsp3) is 0.526. The highest BCUT2D eigenvalue weighted by atomic mass is 32.2. The fourth-order valence-corrected chi connectivity index (χ4v) is 4.68. The maximum absolute atomic E-state index is 12.9. The van der Waals surface area contributed by atoms with Crippen molar-refractivity contribution in [2.45, 2.75) is 49.6 Å². The molecule has 0 radical (unpaired) electrons. The average Bonchev–Trinajstić information content (AvgIpc) is 3.21. The van der Waals surface area contributed by atoms with Crippen molar-refractivity contribution in [3.05, 3.63) is 35.7 Å². The van der Waals surface area contributed by atoms with E-state index in [1.807, 2.05) is 0 Å². The number of nitrogens with zero attached hydrogens (tertiary/aromatic N) is 4. The minimum Gasteiger partial charge on any atom is -0.452 e. The van der Waals surface area contributed by atoms with E-state index in [0.29, 0.717) is 5.95 Å². The maximum Gasteiger partial charge on any atom is 0.338 e. The van der Waals surface area contributed by atoms with Gasteiger partial charge in [-0.2, -0.15) is 9.29 Å². The van der Waals surface area contributed by atoms with E-state index in [4.69, 9.17) is 9.26 Å². The van der Waals surface area contributed by atoms with Crippen LogP contribution in [0.1, 0.15) is 48.4 Å². The summed E-state index contributed by atoms with van der Waals surface area (Å²) in [6.07, 6.45) is 5.01. The second-order valence-electron chi connectivity index (χ2n) is 7.30. The zero-order valence-corrected chi connectivity index (χ0v) is 17.7. The summed E-state index contributed by atoms with van der Waals surface area (Å²) >= 11 is 0. The van der Waals surface area contributed by atoms with Gasteiger partial charge in [0.15, 0.2) is 6.61 Å². The molecule has 0 unspecified atom stereocenters. The van der Waals surface area contributed by atoms with Crippen molar-refractivity contribution in [1.82, 2.24) is 14.4 Å². The van der Waals surface area contributed by atoms with Crippen LogP contribution in [0.15, 0.2) is 33.7 Å². The molecule has 10 heteroatoms. The van der Waals surface area contributed by atoms with E-state index in [0.717, 1.165) is 32.1 Å². The molecule has 1 heterocycles. The highest BCUT2D eigenvalue weighted by Crippen LogP contribution is 2.26. The van der Waals surface area contributed by atoms with Gasteiger partial charge in [0.05, 0.1) is 10.5 Å². The van der Waals surface area contributed by atoms with Crippen LogP contribution in [0.25, 0.3) is 0 Å². The lowest BCUT2D eigenvalue weighted by molar-refractivity contribution is 0.0429. The minimum absolute atomic E-state index is 0.0276. The molecule has 1 aromatic carbocycles. The normalized spacial score (nSPS) is 15.4. The predicted molar refractivity (Wildman–Crippen MR) is 106 cm³/mol. The summed E-state index contributed by atoms with van der Waals surface area (Å²) in [7, 11) is 1.56. The Bertz CT molecular complexity index is 934. The van der Waals surface area contributed by atoms with Crippen molar-refractivity contribution < 1.29 is 22.5 Å². The van der Waals surface area contributed by atoms with Crippen molar-refractivity contribution >= 4 is 21.9 Å². The van der Waals surface area contributed by atoms with Gasteiger partial charge in [0, 0.05) is 27.2 Å². The van der Waals surface area contributed by atoms with Crippen LogP contribution in [-0.2, 0) is 21.4 Å². The Labute approximate surface area is 170 Å². The predicted octanol–water partition coefficient (Wildman–Crippen LogP) is 2.45. The average molecular weight is 423 g/mol. The van der Waals surface area contributed by atoms with E-state index in [1.54, 1.807) is 26.0 Å². The van der Waals surface area contributed by atoms with Crippen LogP contribution in [0.5, 0.6) is 0 Å². The highest BCUT2D eigenvalue weighted by Gasteiger charge is 2.29. The van der Waals surface area contributed by atoms with Gasteiger partial charge < -0.3 is 14.2 Å². The number of hydrogen-bond donors (Lipinski definition) is 0. The first-order valence-corrected chi connectivity index (χ1v) is 11.0. The first-order chi connectivity index (χ1) is 13.8. The zero-order chi connectivity index (χ0) is 21.0. The molecule has 1 fully saturated rings. The van der Waals surface area contributed by atoms with Gasteiger partial charge in [0.1, 0.15) is 0 Å². The molecule has 0 N–H and O–H groups in total. The van der Waals surface area contributed by atoms with Gasteiger partial charge in [-0.25, -0.2) is 13.2 Å². The molecule has 0 amide bonds. The number of carbonyl (C=O) groups excluding carboxylic acids is 1. The SMILES string of the molecule is CN(C)c1noc(COC(=O)c2ccc(S(=O)(=O)N(C)C3CCCCC3)cc2)n1. The third-order valence-electron chi connectivity index (χ3n) is 5.04. The van der Waals surface area contributed by atoms with Gasteiger partial charge in [-0.1, -0.05) is 19.3 Å². The molecule has 0 aliphatic heterocycles. The maximum atomic E-state index is 12.9. The molecule has 0 saturated heterocycles. The minimum atomic E-state index is -3.60. The number of carbonyl (C=O) groups is 1. The molecule has 0 atom stereocenters. The van der Waals surface area contributed by atoms with Crippen LogP contribution < -0.4 is 4.90 Å². The third-order valence-corrected chi connectivity index (χ3v) is 6.96. The van der Waals surface area contributed by atoms with E-state index >= 15 is 0 Å². The Morgan fingerprint density at radius 3 is 2.38 bits per heavy atom. The van der Waals surface area contributed by atoms with Crippen molar-refractivity contribution in [2.75, 3.05) is 26.0 Å². The number of anilines is 1. The summed E-state index contributed by atoms with van der Waals surface area (Å²) in [5.74, 6) is -0.0396. The van der Waals surface area contributed by atoms with Gasteiger partial charge in [-0.3, -0.25) is 0 Å². The number of sulfonamides is 1. The van der Waals surface area contributed by atoms with Crippen LogP contribution in [0.4, 0.5) is 5.95 Å². The molecule has 3 rings (SSSR count). The lowest BCUT2D eigenvalue weighted by Crippen LogP contribution is -2.38. The Morgan fingerprint density at radius 1 is 1.14 bits per heavy atom. The Morgan fingerprint density at radius 2 is 1.79 bits per heavy atom. The summed E-state index contributed by atoms with van der Waals surface area (Å²) in [5.41, 5.74) is 0.247. The molecule has 1 aliphatic carbocycles. The molecule has 29 heavy (non-hydrogen) atoms. The topological polar surface area (TPSA) is 106 Å². The summed E-state index contributed by atoms with van der Waals surface area (Å²) in [6, 6.07) is 5.79. The van der Waals surface area contributed by atoms with Crippen LogP contribution in [0.2, 0.25) is 0 Å². The van der Waals surface area contributed by atoms with E-state index in [9.17, 15) is 13.2 Å². The Hall–Kier alpha value is -2.46. The van der Waals surface area contributed by atoms with E-state index in [2.05, 4.69) is 10.1 Å². The first-order valence-electron chi connectivity index (χ1n) is 9.54. The van der Waals surface area contributed by atoms with Gasteiger partial charge in [-0.15, -0.1) is 0 Å². The van der Waals surface area contributed by atoms with Crippen molar-refractivity contribution in [1.29, 1.82) is 0 Å². The van der Waals surface area contributed by atoms with Gasteiger partial charge >= 0.3 is 5.97 Å². The number of ether oxygens (including phenoxy) is 1. The number of benzene rings is 1. The molecular formula is C19H26N4O5S. The molecule has 2 aromatic rings. The summed E-state index contributed by atoms with van der Waals surface area (Å²) in [4.78, 5) is 18.1. The van der Waals surface area contributed by atoms with Gasteiger partial charge in [-0.05, 0) is 42.3 Å². The molecule has 0 spiro atoms. The molecule has 1 saturated carbocycles. The Kier molecular flexibility index (Phi) is 6.53. The molecule has 1 aromatic heterocycles. The van der Waals surface area contributed by atoms with E-state index in [-0.39, 0.29) is 29.0 Å². The number of esters is 1.